The molecule has 0 unspecified atom stereocenters. The molecular weight excluding hydrogens is 372 g/mol. The fourth-order valence-corrected chi connectivity index (χ4v) is 4.00. The van der Waals surface area contributed by atoms with Gasteiger partial charge in [-0.1, -0.05) is 11.6 Å². The summed E-state index contributed by atoms with van der Waals surface area (Å²) in [4.78, 5) is 25.3. The van der Waals surface area contributed by atoms with E-state index < -0.39 is 0 Å². The molecule has 2 aromatic heterocycles. The van der Waals surface area contributed by atoms with Crippen molar-refractivity contribution in [3.63, 3.8) is 0 Å². The lowest BCUT2D eigenvalue weighted by Crippen LogP contribution is -2.41. The lowest BCUT2D eigenvalue weighted by molar-refractivity contribution is -0.135. The molecule has 0 saturated carbocycles. The van der Waals surface area contributed by atoms with Gasteiger partial charge in [0.1, 0.15) is 5.52 Å². The number of thiazole rings is 1. The number of rotatable bonds is 4. The fraction of sp³-hybridized carbons (Fsp3) is 0.389. The molecule has 1 aliphatic heterocycles. The number of anilines is 1. The van der Waals surface area contributed by atoms with Gasteiger partial charge < -0.3 is 14.2 Å². The summed E-state index contributed by atoms with van der Waals surface area (Å²) >= 11 is 7.55. The molecular formula is C18H19ClN4O2S. The fourth-order valence-electron chi connectivity index (χ4n) is 3.29. The molecule has 1 aliphatic rings. The van der Waals surface area contributed by atoms with Crippen LogP contribution in [0.25, 0.3) is 11.1 Å². The van der Waals surface area contributed by atoms with E-state index in [1.807, 2.05) is 18.5 Å². The van der Waals surface area contributed by atoms with Gasteiger partial charge in [-0.3, -0.25) is 4.79 Å². The molecule has 1 saturated heterocycles. The van der Waals surface area contributed by atoms with Crippen LogP contribution in [0.4, 0.5) is 6.01 Å². The van der Waals surface area contributed by atoms with E-state index in [1.165, 1.54) is 0 Å². The number of aromatic nitrogens is 2. The van der Waals surface area contributed by atoms with Gasteiger partial charge in [-0.15, -0.1) is 11.3 Å². The highest BCUT2D eigenvalue weighted by Crippen LogP contribution is 2.28. The maximum absolute atomic E-state index is 12.7. The van der Waals surface area contributed by atoms with Crippen molar-refractivity contribution in [2.24, 2.45) is 5.92 Å². The molecule has 3 heterocycles. The van der Waals surface area contributed by atoms with Crippen LogP contribution >= 0.6 is 22.9 Å². The summed E-state index contributed by atoms with van der Waals surface area (Å²) < 4.78 is 5.83. The third-order valence-electron chi connectivity index (χ3n) is 4.71. The van der Waals surface area contributed by atoms with Gasteiger partial charge in [0, 0.05) is 42.5 Å². The topological polar surface area (TPSA) is 62.5 Å². The Morgan fingerprint density at radius 1 is 1.42 bits per heavy atom. The smallest absolute Gasteiger partial charge is 0.298 e. The van der Waals surface area contributed by atoms with Crippen LogP contribution in [0.1, 0.15) is 18.5 Å². The number of carbonyl (C=O) groups excluding carboxylic acids is 1. The van der Waals surface area contributed by atoms with Gasteiger partial charge in [-0.25, -0.2) is 4.98 Å². The zero-order valence-electron chi connectivity index (χ0n) is 14.4. The molecule has 0 atom stereocenters. The van der Waals surface area contributed by atoms with E-state index in [2.05, 4.69) is 14.9 Å². The summed E-state index contributed by atoms with van der Waals surface area (Å²) in [6.45, 7) is 2.07. The van der Waals surface area contributed by atoms with Crippen LogP contribution in [-0.2, 0) is 11.3 Å². The first-order chi connectivity index (χ1) is 12.6. The van der Waals surface area contributed by atoms with Crippen molar-refractivity contribution >= 4 is 46.0 Å². The van der Waals surface area contributed by atoms with Gasteiger partial charge in [0.05, 0.1) is 17.7 Å². The second kappa shape index (κ2) is 7.25. The van der Waals surface area contributed by atoms with E-state index in [4.69, 9.17) is 16.0 Å². The van der Waals surface area contributed by atoms with E-state index in [0.29, 0.717) is 23.2 Å². The molecule has 0 bridgehead atoms. The third kappa shape index (κ3) is 3.54. The molecule has 3 aromatic rings. The lowest BCUT2D eigenvalue weighted by Gasteiger charge is -2.32. The summed E-state index contributed by atoms with van der Waals surface area (Å²) in [6.07, 6.45) is 1.58. The number of carbonyl (C=O) groups is 1. The molecule has 4 rings (SSSR count). The molecule has 1 fully saturated rings. The van der Waals surface area contributed by atoms with Crippen molar-refractivity contribution < 1.29 is 9.21 Å². The third-order valence-corrected chi connectivity index (χ3v) is 5.58. The molecule has 136 valence electrons. The summed E-state index contributed by atoms with van der Waals surface area (Å²) in [7, 11) is 1.85. The minimum atomic E-state index is 0.0358. The van der Waals surface area contributed by atoms with E-state index in [1.54, 1.807) is 33.9 Å². The van der Waals surface area contributed by atoms with Crippen LogP contribution in [-0.4, -0.2) is 40.9 Å². The predicted octanol–water partition coefficient (Wildman–Crippen LogP) is 3.81. The van der Waals surface area contributed by atoms with E-state index in [0.717, 1.165) is 37.1 Å². The molecule has 0 spiro atoms. The van der Waals surface area contributed by atoms with Crippen molar-refractivity contribution in [1.29, 1.82) is 0 Å². The van der Waals surface area contributed by atoms with E-state index >= 15 is 0 Å². The Balaban J connectivity index is 1.37. The van der Waals surface area contributed by atoms with Crippen LogP contribution < -0.4 is 4.90 Å². The lowest BCUT2D eigenvalue weighted by atomic mass is 9.95. The average molecular weight is 391 g/mol. The van der Waals surface area contributed by atoms with Gasteiger partial charge in [-0.2, -0.15) is 4.98 Å². The number of nitrogens with zero attached hydrogens (tertiary/aromatic N) is 4. The Morgan fingerprint density at radius 2 is 2.23 bits per heavy atom. The number of amides is 1. The SMILES string of the molecule is CN(Cc1cscn1)C(=O)C1CCN(c2nc3ccc(Cl)cc3o2)CC1. The van der Waals surface area contributed by atoms with Crippen molar-refractivity contribution in [2.45, 2.75) is 19.4 Å². The van der Waals surface area contributed by atoms with Gasteiger partial charge >= 0.3 is 0 Å². The Bertz CT molecular complexity index is 903. The number of hydrogen-bond donors (Lipinski definition) is 0. The molecule has 8 heteroatoms. The van der Waals surface area contributed by atoms with Crippen molar-refractivity contribution in [2.75, 3.05) is 25.0 Å². The van der Waals surface area contributed by atoms with Crippen LogP contribution in [0.3, 0.4) is 0 Å². The zero-order chi connectivity index (χ0) is 18.1. The summed E-state index contributed by atoms with van der Waals surface area (Å²) in [5.74, 6) is 0.218. The number of oxazole rings is 1. The number of fused-ring (bicyclic) bond motifs is 1. The molecule has 0 aliphatic carbocycles. The first kappa shape index (κ1) is 17.3. The minimum Gasteiger partial charge on any atom is -0.423 e. The Hall–Kier alpha value is -2.12. The second-order valence-electron chi connectivity index (χ2n) is 6.54. The van der Waals surface area contributed by atoms with Gasteiger partial charge in [0.25, 0.3) is 6.01 Å². The molecule has 1 amide bonds. The van der Waals surface area contributed by atoms with Crippen molar-refractivity contribution in [1.82, 2.24) is 14.9 Å². The van der Waals surface area contributed by atoms with Gasteiger partial charge in [-0.05, 0) is 25.0 Å². The van der Waals surface area contributed by atoms with Crippen LogP contribution in [0.15, 0.2) is 33.5 Å². The largest absolute Gasteiger partial charge is 0.423 e. The zero-order valence-corrected chi connectivity index (χ0v) is 16.0. The van der Waals surface area contributed by atoms with Gasteiger partial charge in [0.15, 0.2) is 5.58 Å². The van der Waals surface area contributed by atoms with E-state index in [9.17, 15) is 4.79 Å². The molecule has 0 N–H and O–H groups in total. The Kier molecular flexibility index (Phi) is 4.82. The van der Waals surface area contributed by atoms with Crippen molar-refractivity contribution in [3.8, 4) is 0 Å². The molecule has 0 radical (unpaired) electrons. The minimum absolute atomic E-state index is 0.0358. The standard InChI is InChI=1S/C18H19ClN4O2S/c1-22(9-14-10-26-11-20-14)17(24)12-4-6-23(7-5-12)18-21-15-3-2-13(19)8-16(15)25-18/h2-3,8,10-12H,4-7,9H2,1H3. The molecule has 26 heavy (non-hydrogen) atoms. The quantitative estimate of drug-likeness (QED) is 0.677. The first-order valence-corrected chi connectivity index (χ1v) is 9.85. The summed E-state index contributed by atoms with van der Waals surface area (Å²) in [6, 6.07) is 6.04. The highest BCUT2D eigenvalue weighted by atomic mass is 35.5. The molecule has 1 aromatic carbocycles. The Morgan fingerprint density at radius 3 is 2.96 bits per heavy atom. The predicted molar refractivity (Wildman–Crippen MR) is 103 cm³/mol. The highest BCUT2D eigenvalue weighted by Gasteiger charge is 2.29. The van der Waals surface area contributed by atoms with Crippen LogP contribution in [0.5, 0.6) is 0 Å². The first-order valence-electron chi connectivity index (χ1n) is 8.53. The highest BCUT2D eigenvalue weighted by molar-refractivity contribution is 7.07. The summed E-state index contributed by atoms with van der Waals surface area (Å²) in [5.41, 5.74) is 4.22. The van der Waals surface area contributed by atoms with Crippen LogP contribution in [0.2, 0.25) is 5.02 Å². The average Bonchev–Trinajstić information content (AvgIpc) is 3.30. The molecule has 6 nitrogen and oxygen atoms in total. The van der Waals surface area contributed by atoms with Gasteiger partial charge in [0.2, 0.25) is 5.91 Å². The van der Waals surface area contributed by atoms with E-state index in [-0.39, 0.29) is 11.8 Å². The summed E-state index contributed by atoms with van der Waals surface area (Å²) in [5, 5.41) is 2.61. The Labute approximate surface area is 160 Å². The maximum atomic E-state index is 12.7. The number of benzene rings is 1. The number of halogens is 1. The number of piperidine rings is 1. The van der Waals surface area contributed by atoms with Crippen LogP contribution in [0, 0.1) is 5.92 Å². The van der Waals surface area contributed by atoms with Crippen molar-refractivity contribution in [3.05, 3.63) is 39.8 Å². The maximum Gasteiger partial charge on any atom is 0.298 e. The normalized spacial score (nSPS) is 15.5. The number of hydrogen-bond acceptors (Lipinski definition) is 6. The monoisotopic (exact) mass is 390 g/mol. The second-order valence-corrected chi connectivity index (χ2v) is 7.70.